The molecule has 6 nitrogen and oxygen atoms in total. The van der Waals surface area contributed by atoms with E-state index in [9.17, 15) is 0 Å². The topological polar surface area (TPSA) is 76.8 Å². The van der Waals surface area contributed by atoms with E-state index in [0.29, 0.717) is 18.9 Å². The predicted molar refractivity (Wildman–Crippen MR) is 76.0 cm³/mol. The van der Waals surface area contributed by atoms with E-state index in [-0.39, 0.29) is 5.92 Å². The molecule has 0 aliphatic carbocycles. The normalized spacial score (nSPS) is 19.1. The Bertz CT molecular complexity index is 743. The Kier molecular flexibility index (Phi) is 3.16. The lowest BCUT2D eigenvalue weighted by atomic mass is 10.0. The zero-order valence-corrected chi connectivity index (χ0v) is 11.6. The summed E-state index contributed by atoms with van der Waals surface area (Å²) in [4.78, 5) is 4.51. The van der Waals surface area contributed by atoms with Gasteiger partial charge in [0.15, 0.2) is 5.82 Å². The van der Waals surface area contributed by atoms with Crippen LogP contribution >= 0.6 is 0 Å². The molecule has 3 aromatic rings. The van der Waals surface area contributed by atoms with Crippen LogP contribution in [-0.2, 0) is 11.2 Å². The van der Waals surface area contributed by atoms with Gasteiger partial charge in [-0.25, -0.2) is 0 Å². The van der Waals surface area contributed by atoms with Crippen molar-refractivity contribution in [1.82, 2.24) is 20.3 Å². The van der Waals surface area contributed by atoms with Crippen LogP contribution in [0.4, 0.5) is 0 Å². The van der Waals surface area contributed by atoms with Crippen molar-refractivity contribution in [3.63, 3.8) is 0 Å². The Balaban J connectivity index is 1.52. The molecule has 0 radical (unpaired) electrons. The number of H-pyrrole nitrogens is 1. The third-order valence-electron chi connectivity index (χ3n) is 3.86. The number of nitrogens with zero attached hydrogens (tertiary/aromatic N) is 3. The number of aromatic nitrogens is 4. The van der Waals surface area contributed by atoms with E-state index in [4.69, 9.17) is 9.26 Å². The second kappa shape index (κ2) is 5.29. The van der Waals surface area contributed by atoms with Crippen LogP contribution in [0.1, 0.15) is 36.0 Å². The molecule has 4 rings (SSSR count). The van der Waals surface area contributed by atoms with Gasteiger partial charge >= 0.3 is 0 Å². The molecule has 1 N–H and O–H groups in total. The molecule has 1 atom stereocenters. The number of rotatable bonds is 3. The summed E-state index contributed by atoms with van der Waals surface area (Å²) >= 11 is 0. The van der Waals surface area contributed by atoms with Gasteiger partial charge in [-0.15, -0.1) is 0 Å². The third-order valence-corrected chi connectivity index (χ3v) is 3.86. The Morgan fingerprint density at radius 1 is 1.33 bits per heavy atom. The van der Waals surface area contributed by atoms with Gasteiger partial charge in [-0.3, -0.25) is 5.10 Å². The number of benzene rings is 1. The second-order valence-corrected chi connectivity index (χ2v) is 5.43. The molecular formula is C15H16N4O2. The van der Waals surface area contributed by atoms with E-state index in [2.05, 4.69) is 32.5 Å². The highest BCUT2D eigenvalue weighted by molar-refractivity contribution is 5.78. The Hall–Kier alpha value is -2.21. The molecule has 1 aliphatic rings. The molecule has 0 spiro atoms. The van der Waals surface area contributed by atoms with Gasteiger partial charge in [0, 0.05) is 18.4 Å². The van der Waals surface area contributed by atoms with Crippen LogP contribution in [0.15, 0.2) is 28.9 Å². The SMILES string of the molecule is c1cc2cn[nH]c2cc1Cc1noc(C2CCCOC2)n1. The minimum absolute atomic E-state index is 0.245. The molecular weight excluding hydrogens is 268 g/mol. The molecule has 3 heterocycles. The lowest BCUT2D eigenvalue weighted by molar-refractivity contribution is 0.0705. The first-order valence-corrected chi connectivity index (χ1v) is 7.21. The van der Waals surface area contributed by atoms with Crippen LogP contribution in [0.25, 0.3) is 10.9 Å². The first kappa shape index (κ1) is 12.5. The predicted octanol–water partition coefficient (Wildman–Crippen LogP) is 2.43. The highest BCUT2D eigenvalue weighted by atomic mass is 16.5. The van der Waals surface area contributed by atoms with E-state index < -0.39 is 0 Å². The fourth-order valence-electron chi connectivity index (χ4n) is 2.72. The quantitative estimate of drug-likeness (QED) is 0.799. The van der Waals surface area contributed by atoms with Crippen LogP contribution in [0.2, 0.25) is 0 Å². The Morgan fingerprint density at radius 3 is 3.24 bits per heavy atom. The standard InChI is InChI=1S/C15H16N4O2/c1-2-12(9-20-5-1)15-17-14(19-21-15)7-10-3-4-11-8-16-18-13(11)6-10/h3-4,6,8,12H,1-2,5,7,9H2,(H,16,18). The molecule has 0 amide bonds. The van der Waals surface area contributed by atoms with Gasteiger partial charge in [0.1, 0.15) is 0 Å². The minimum atomic E-state index is 0.245. The van der Waals surface area contributed by atoms with Crippen molar-refractivity contribution in [1.29, 1.82) is 0 Å². The van der Waals surface area contributed by atoms with Crippen LogP contribution < -0.4 is 0 Å². The number of hydrogen-bond acceptors (Lipinski definition) is 5. The van der Waals surface area contributed by atoms with E-state index in [1.54, 1.807) is 0 Å². The molecule has 2 aromatic heterocycles. The summed E-state index contributed by atoms with van der Waals surface area (Å²) in [5, 5.41) is 12.2. The summed E-state index contributed by atoms with van der Waals surface area (Å²) in [5.41, 5.74) is 2.16. The lowest BCUT2D eigenvalue weighted by Gasteiger charge is -2.17. The molecule has 6 heteroatoms. The van der Waals surface area contributed by atoms with Crippen molar-refractivity contribution < 1.29 is 9.26 Å². The highest BCUT2D eigenvalue weighted by Crippen LogP contribution is 2.24. The van der Waals surface area contributed by atoms with Crippen molar-refractivity contribution >= 4 is 10.9 Å². The first-order chi connectivity index (χ1) is 10.4. The van der Waals surface area contributed by atoms with Gasteiger partial charge in [-0.2, -0.15) is 10.1 Å². The maximum Gasteiger partial charge on any atom is 0.232 e. The van der Waals surface area contributed by atoms with Crippen molar-refractivity contribution in [2.24, 2.45) is 0 Å². The van der Waals surface area contributed by atoms with E-state index >= 15 is 0 Å². The number of ether oxygens (including phenoxy) is 1. The molecule has 1 saturated heterocycles. The fraction of sp³-hybridized carbons (Fsp3) is 0.400. The van der Waals surface area contributed by atoms with Crippen LogP contribution in [0, 0.1) is 0 Å². The molecule has 1 unspecified atom stereocenters. The monoisotopic (exact) mass is 284 g/mol. The summed E-state index contributed by atoms with van der Waals surface area (Å²) in [6.07, 6.45) is 4.58. The molecule has 0 bridgehead atoms. The van der Waals surface area contributed by atoms with Crippen molar-refractivity contribution in [3.05, 3.63) is 41.7 Å². The van der Waals surface area contributed by atoms with E-state index in [1.807, 2.05) is 12.3 Å². The van der Waals surface area contributed by atoms with Crippen molar-refractivity contribution in [3.8, 4) is 0 Å². The molecule has 1 aliphatic heterocycles. The highest BCUT2D eigenvalue weighted by Gasteiger charge is 2.22. The molecule has 0 saturated carbocycles. The first-order valence-electron chi connectivity index (χ1n) is 7.21. The fourth-order valence-corrected chi connectivity index (χ4v) is 2.72. The van der Waals surface area contributed by atoms with Gasteiger partial charge in [-0.05, 0) is 24.5 Å². The van der Waals surface area contributed by atoms with Gasteiger partial charge in [0.25, 0.3) is 0 Å². The van der Waals surface area contributed by atoms with Gasteiger partial charge in [0.05, 0.1) is 24.2 Å². The largest absolute Gasteiger partial charge is 0.381 e. The number of aromatic amines is 1. The average Bonchev–Trinajstić information content (AvgIpc) is 3.17. The zero-order chi connectivity index (χ0) is 14.1. The molecule has 1 aromatic carbocycles. The smallest absolute Gasteiger partial charge is 0.232 e. The number of hydrogen-bond donors (Lipinski definition) is 1. The summed E-state index contributed by atoms with van der Waals surface area (Å²) in [6.45, 7) is 1.52. The van der Waals surface area contributed by atoms with E-state index in [1.165, 1.54) is 0 Å². The number of nitrogens with one attached hydrogen (secondary N) is 1. The summed E-state index contributed by atoms with van der Waals surface area (Å²) in [5.74, 6) is 1.66. The van der Waals surface area contributed by atoms with Crippen LogP contribution in [0.5, 0.6) is 0 Å². The molecule has 21 heavy (non-hydrogen) atoms. The summed E-state index contributed by atoms with van der Waals surface area (Å²) in [7, 11) is 0. The van der Waals surface area contributed by atoms with Crippen LogP contribution in [-0.4, -0.2) is 33.6 Å². The average molecular weight is 284 g/mol. The summed E-state index contributed by atoms with van der Waals surface area (Å²) < 4.78 is 10.9. The molecule has 108 valence electrons. The Morgan fingerprint density at radius 2 is 2.33 bits per heavy atom. The number of fused-ring (bicyclic) bond motifs is 1. The maximum absolute atomic E-state index is 5.46. The van der Waals surface area contributed by atoms with Gasteiger partial charge in [-0.1, -0.05) is 17.3 Å². The van der Waals surface area contributed by atoms with Gasteiger partial charge < -0.3 is 9.26 Å². The zero-order valence-electron chi connectivity index (χ0n) is 11.6. The molecule has 1 fully saturated rings. The van der Waals surface area contributed by atoms with E-state index in [0.717, 1.165) is 41.7 Å². The third kappa shape index (κ3) is 2.54. The van der Waals surface area contributed by atoms with Gasteiger partial charge in [0.2, 0.25) is 5.89 Å². The lowest BCUT2D eigenvalue weighted by Crippen LogP contribution is -2.15. The van der Waals surface area contributed by atoms with Crippen LogP contribution in [0.3, 0.4) is 0 Å². The van der Waals surface area contributed by atoms with Crippen molar-refractivity contribution in [2.75, 3.05) is 13.2 Å². The maximum atomic E-state index is 5.46. The minimum Gasteiger partial charge on any atom is -0.381 e. The van der Waals surface area contributed by atoms with Crippen molar-refractivity contribution in [2.45, 2.75) is 25.2 Å². The second-order valence-electron chi connectivity index (χ2n) is 5.43. The Labute approximate surface area is 121 Å². The summed E-state index contributed by atoms with van der Waals surface area (Å²) in [6, 6.07) is 6.18.